The van der Waals surface area contributed by atoms with E-state index in [0.717, 1.165) is 25.2 Å². The predicted octanol–water partition coefficient (Wildman–Crippen LogP) is 2.40. The van der Waals surface area contributed by atoms with E-state index in [1.807, 2.05) is 4.90 Å². The molecule has 1 atom stereocenters. The molecule has 0 unspecified atom stereocenters. The maximum atomic E-state index is 12.4. The number of nitrogens with zero attached hydrogens (tertiary/aromatic N) is 2. The van der Waals surface area contributed by atoms with Crippen LogP contribution in [0, 0.1) is 0 Å². The van der Waals surface area contributed by atoms with Crippen molar-refractivity contribution in [2.45, 2.75) is 18.6 Å². The third-order valence-corrected chi connectivity index (χ3v) is 3.26. The molecule has 1 aromatic rings. The molecule has 17 heavy (non-hydrogen) atoms. The van der Waals surface area contributed by atoms with Crippen LogP contribution < -0.4 is 10.6 Å². The molecule has 2 heterocycles. The van der Waals surface area contributed by atoms with Gasteiger partial charge in [0, 0.05) is 25.3 Å². The van der Waals surface area contributed by atoms with Gasteiger partial charge in [-0.15, -0.1) is 0 Å². The van der Waals surface area contributed by atoms with Gasteiger partial charge in [-0.05, 0) is 28.4 Å². The zero-order valence-corrected chi connectivity index (χ0v) is 10.4. The van der Waals surface area contributed by atoms with Gasteiger partial charge in [-0.3, -0.25) is 0 Å². The first kappa shape index (κ1) is 12.6. The number of alkyl halides is 3. The van der Waals surface area contributed by atoms with Gasteiger partial charge in [0.25, 0.3) is 0 Å². The zero-order chi connectivity index (χ0) is 12.6. The molecule has 0 aromatic carbocycles. The minimum Gasteiger partial charge on any atom is -0.354 e. The van der Waals surface area contributed by atoms with Crippen molar-refractivity contribution < 1.29 is 13.2 Å². The third-order valence-electron chi connectivity index (χ3n) is 2.67. The van der Waals surface area contributed by atoms with Crippen molar-refractivity contribution in [3.05, 3.63) is 22.3 Å². The van der Waals surface area contributed by atoms with Crippen LogP contribution in [0.3, 0.4) is 0 Å². The SMILES string of the molecule is N[C@@H]1CCN(c2ncc(C(F)(F)F)cc2Br)C1. The molecule has 1 saturated heterocycles. The molecule has 1 aliphatic heterocycles. The number of halogens is 4. The van der Waals surface area contributed by atoms with Crippen LogP contribution in [0.1, 0.15) is 12.0 Å². The number of rotatable bonds is 1. The molecule has 0 spiro atoms. The average molecular weight is 310 g/mol. The first-order valence-corrected chi connectivity index (χ1v) is 5.90. The highest BCUT2D eigenvalue weighted by Crippen LogP contribution is 2.34. The lowest BCUT2D eigenvalue weighted by Crippen LogP contribution is -2.27. The van der Waals surface area contributed by atoms with Crippen LogP contribution in [0.25, 0.3) is 0 Å². The van der Waals surface area contributed by atoms with Crippen LogP contribution in [0.5, 0.6) is 0 Å². The van der Waals surface area contributed by atoms with Crippen molar-refractivity contribution in [3.8, 4) is 0 Å². The molecule has 0 saturated carbocycles. The minimum absolute atomic E-state index is 0.0611. The molecule has 94 valence electrons. The first-order chi connectivity index (χ1) is 7.88. The molecule has 0 amide bonds. The molecule has 1 aromatic heterocycles. The molecule has 0 radical (unpaired) electrons. The topological polar surface area (TPSA) is 42.1 Å². The minimum atomic E-state index is -4.37. The lowest BCUT2D eigenvalue weighted by Gasteiger charge is -2.19. The summed E-state index contributed by atoms with van der Waals surface area (Å²) in [5, 5.41) is 0. The van der Waals surface area contributed by atoms with Gasteiger partial charge in [0.05, 0.1) is 10.0 Å². The summed E-state index contributed by atoms with van der Waals surface area (Å²) in [6, 6.07) is 1.11. The average Bonchev–Trinajstić information content (AvgIpc) is 2.63. The van der Waals surface area contributed by atoms with E-state index in [-0.39, 0.29) is 6.04 Å². The first-order valence-electron chi connectivity index (χ1n) is 5.11. The van der Waals surface area contributed by atoms with Gasteiger partial charge in [-0.25, -0.2) is 4.98 Å². The lowest BCUT2D eigenvalue weighted by atomic mass is 10.2. The fourth-order valence-corrected chi connectivity index (χ4v) is 2.40. The van der Waals surface area contributed by atoms with E-state index in [2.05, 4.69) is 20.9 Å². The normalized spacial score (nSPS) is 21.0. The molecular formula is C10H11BrF3N3. The fourth-order valence-electron chi connectivity index (χ4n) is 1.80. The molecule has 3 nitrogen and oxygen atoms in total. The Labute approximate surface area is 105 Å². The van der Waals surface area contributed by atoms with Gasteiger partial charge < -0.3 is 10.6 Å². The number of aromatic nitrogens is 1. The number of anilines is 1. The number of hydrogen-bond donors (Lipinski definition) is 1. The highest BCUT2D eigenvalue weighted by atomic mass is 79.9. The van der Waals surface area contributed by atoms with Crippen LogP contribution in [-0.2, 0) is 6.18 Å². The van der Waals surface area contributed by atoms with Gasteiger partial charge in [0.1, 0.15) is 5.82 Å². The second-order valence-corrected chi connectivity index (χ2v) is 4.88. The molecule has 1 fully saturated rings. The summed E-state index contributed by atoms with van der Waals surface area (Å²) in [6.45, 7) is 1.34. The molecule has 7 heteroatoms. The Morgan fingerprint density at radius 1 is 1.47 bits per heavy atom. The van der Waals surface area contributed by atoms with Crippen molar-refractivity contribution in [2.24, 2.45) is 5.73 Å². The van der Waals surface area contributed by atoms with E-state index >= 15 is 0 Å². The van der Waals surface area contributed by atoms with Crippen LogP contribution in [0.15, 0.2) is 16.7 Å². The van der Waals surface area contributed by atoms with Crippen molar-refractivity contribution in [1.82, 2.24) is 4.98 Å². The number of hydrogen-bond acceptors (Lipinski definition) is 3. The summed E-state index contributed by atoms with van der Waals surface area (Å²) in [6.07, 6.45) is -2.69. The summed E-state index contributed by atoms with van der Waals surface area (Å²) < 4.78 is 37.7. The van der Waals surface area contributed by atoms with E-state index in [1.165, 1.54) is 0 Å². The standard InChI is InChI=1S/C10H11BrF3N3/c11-8-3-6(10(12,13)14)4-16-9(8)17-2-1-7(15)5-17/h3-4,7H,1-2,5,15H2/t7-/m1/s1. The summed E-state index contributed by atoms with van der Waals surface area (Å²) >= 11 is 3.12. The van der Waals surface area contributed by atoms with Crippen LogP contribution in [0.2, 0.25) is 0 Å². The van der Waals surface area contributed by atoms with Gasteiger partial charge in [0.15, 0.2) is 0 Å². The maximum Gasteiger partial charge on any atom is 0.417 e. The van der Waals surface area contributed by atoms with Crippen LogP contribution in [0.4, 0.5) is 19.0 Å². The Morgan fingerprint density at radius 3 is 2.65 bits per heavy atom. The van der Waals surface area contributed by atoms with Crippen molar-refractivity contribution >= 4 is 21.7 Å². The summed E-state index contributed by atoms with van der Waals surface area (Å²) in [7, 11) is 0. The van der Waals surface area contributed by atoms with Gasteiger partial charge in [-0.2, -0.15) is 13.2 Å². The van der Waals surface area contributed by atoms with Crippen molar-refractivity contribution in [2.75, 3.05) is 18.0 Å². The van der Waals surface area contributed by atoms with Gasteiger partial charge >= 0.3 is 6.18 Å². The Bertz CT molecular complexity index is 422. The third kappa shape index (κ3) is 2.71. The Hall–Kier alpha value is -0.820. The Kier molecular flexibility index (Phi) is 3.31. The summed E-state index contributed by atoms with van der Waals surface area (Å²) in [5.74, 6) is 0.519. The second-order valence-electron chi connectivity index (χ2n) is 4.02. The molecule has 0 aliphatic carbocycles. The second kappa shape index (κ2) is 4.45. The van der Waals surface area contributed by atoms with E-state index < -0.39 is 11.7 Å². The van der Waals surface area contributed by atoms with Crippen molar-refractivity contribution in [1.29, 1.82) is 0 Å². The number of nitrogens with two attached hydrogens (primary N) is 1. The summed E-state index contributed by atoms with van der Waals surface area (Å²) in [5.41, 5.74) is 4.99. The van der Waals surface area contributed by atoms with E-state index in [1.54, 1.807) is 0 Å². The molecule has 1 aliphatic rings. The van der Waals surface area contributed by atoms with Crippen LogP contribution >= 0.6 is 15.9 Å². The Morgan fingerprint density at radius 2 is 2.18 bits per heavy atom. The van der Waals surface area contributed by atoms with Gasteiger partial charge in [-0.1, -0.05) is 0 Å². The molecule has 0 bridgehead atoms. The Balaban J connectivity index is 2.26. The van der Waals surface area contributed by atoms with Crippen LogP contribution in [-0.4, -0.2) is 24.1 Å². The molecular weight excluding hydrogens is 299 g/mol. The largest absolute Gasteiger partial charge is 0.417 e. The fraction of sp³-hybridized carbons (Fsp3) is 0.500. The predicted molar refractivity (Wildman–Crippen MR) is 61.7 cm³/mol. The molecule has 2 N–H and O–H groups in total. The van der Waals surface area contributed by atoms with E-state index in [0.29, 0.717) is 16.8 Å². The van der Waals surface area contributed by atoms with E-state index in [4.69, 9.17) is 5.73 Å². The quantitative estimate of drug-likeness (QED) is 0.866. The van der Waals surface area contributed by atoms with E-state index in [9.17, 15) is 13.2 Å². The van der Waals surface area contributed by atoms with Crippen molar-refractivity contribution in [3.63, 3.8) is 0 Å². The highest BCUT2D eigenvalue weighted by molar-refractivity contribution is 9.10. The zero-order valence-electron chi connectivity index (χ0n) is 8.84. The maximum absolute atomic E-state index is 12.4. The summed E-state index contributed by atoms with van der Waals surface area (Å²) in [4.78, 5) is 5.75. The molecule has 2 rings (SSSR count). The van der Waals surface area contributed by atoms with Gasteiger partial charge in [0.2, 0.25) is 0 Å². The lowest BCUT2D eigenvalue weighted by molar-refractivity contribution is -0.137. The highest BCUT2D eigenvalue weighted by Gasteiger charge is 2.32. The number of pyridine rings is 1. The smallest absolute Gasteiger partial charge is 0.354 e. The monoisotopic (exact) mass is 309 g/mol.